The van der Waals surface area contributed by atoms with Gasteiger partial charge in [-0.3, -0.25) is 0 Å². The van der Waals surface area contributed by atoms with Gasteiger partial charge < -0.3 is 15.2 Å². The molecule has 3 nitrogen and oxygen atoms in total. The van der Waals surface area contributed by atoms with Gasteiger partial charge in [0.2, 0.25) is 0 Å². The zero-order chi connectivity index (χ0) is 13.0. The third-order valence-electron chi connectivity index (χ3n) is 2.65. The van der Waals surface area contributed by atoms with Crippen LogP contribution in [0.1, 0.15) is 13.8 Å². The topological polar surface area (TPSA) is 41.5 Å². The molecule has 0 radical (unpaired) electrons. The summed E-state index contributed by atoms with van der Waals surface area (Å²) in [5.41, 5.74) is 0. The van der Waals surface area contributed by atoms with Crippen LogP contribution in [-0.2, 0) is 0 Å². The fraction of sp³-hybridized carbons (Fsp3) is 0.429. The second kappa shape index (κ2) is 6.18. The van der Waals surface area contributed by atoms with Gasteiger partial charge in [0.1, 0.15) is 18.5 Å². The van der Waals surface area contributed by atoms with Crippen LogP contribution in [0.4, 0.5) is 0 Å². The molecule has 2 aromatic rings. The van der Waals surface area contributed by atoms with Gasteiger partial charge in [0.05, 0.1) is 0 Å². The minimum atomic E-state index is -0.485. The van der Waals surface area contributed by atoms with Crippen molar-refractivity contribution in [1.82, 2.24) is 5.32 Å². The van der Waals surface area contributed by atoms with Gasteiger partial charge >= 0.3 is 0 Å². The van der Waals surface area contributed by atoms with Crippen molar-refractivity contribution in [1.29, 1.82) is 0 Å². The van der Waals surface area contributed by atoms with E-state index >= 15 is 0 Å². The SMILES string of the molecule is CC(C)NCC(O)COc1cccc2sccc12. The normalized spacial score (nSPS) is 13.1. The van der Waals surface area contributed by atoms with E-state index in [1.54, 1.807) is 11.3 Å². The van der Waals surface area contributed by atoms with Crippen molar-refractivity contribution in [2.45, 2.75) is 26.0 Å². The minimum absolute atomic E-state index is 0.314. The van der Waals surface area contributed by atoms with Gasteiger partial charge in [0, 0.05) is 22.7 Å². The third-order valence-corrected chi connectivity index (χ3v) is 3.53. The molecule has 2 rings (SSSR count). The first-order valence-electron chi connectivity index (χ1n) is 6.17. The second-order valence-corrected chi connectivity index (χ2v) is 5.56. The molecular formula is C14H19NO2S. The summed E-state index contributed by atoms with van der Waals surface area (Å²) < 4.78 is 6.90. The van der Waals surface area contributed by atoms with Gasteiger partial charge in [-0.2, -0.15) is 0 Å². The number of benzene rings is 1. The molecule has 0 aliphatic rings. The first-order valence-corrected chi connectivity index (χ1v) is 7.05. The molecule has 0 spiro atoms. The summed E-state index contributed by atoms with van der Waals surface area (Å²) in [6.07, 6.45) is -0.485. The predicted molar refractivity (Wildman–Crippen MR) is 76.5 cm³/mol. The smallest absolute Gasteiger partial charge is 0.128 e. The van der Waals surface area contributed by atoms with E-state index in [0.29, 0.717) is 19.2 Å². The number of rotatable bonds is 6. The van der Waals surface area contributed by atoms with Crippen LogP contribution in [0.25, 0.3) is 10.1 Å². The summed E-state index contributed by atoms with van der Waals surface area (Å²) in [5, 5.41) is 16.1. The number of aliphatic hydroxyl groups is 1. The average molecular weight is 265 g/mol. The molecule has 1 aromatic carbocycles. The second-order valence-electron chi connectivity index (χ2n) is 4.62. The van der Waals surface area contributed by atoms with Gasteiger partial charge in [0.15, 0.2) is 0 Å². The summed E-state index contributed by atoms with van der Waals surface area (Å²) in [6, 6.07) is 8.42. The first-order chi connectivity index (χ1) is 8.66. The van der Waals surface area contributed by atoms with Crippen LogP contribution in [0, 0.1) is 0 Å². The van der Waals surface area contributed by atoms with Crippen LogP contribution >= 0.6 is 11.3 Å². The molecule has 4 heteroatoms. The van der Waals surface area contributed by atoms with E-state index in [-0.39, 0.29) is 0 Å². The highest BCUT2D eigenvalue weighted by Crippen LogP contribution is 2.29. The lowest BCUT2D eigenvalue weighted by Crippen LogP contribution is -2.35. The zero-order valence-electron chi connectivity index (χ0n) is 10.7. The van der Waals surface area contributed by atoms with Crippen molar-refractivity contribution in [3.05, 3.63) is 29.6 Å². The number of thiophene rings is 1. The molecule has 18 heavy (non-hydrogen) atoms. The van der Waals surface area contributed by atoms with E-state index in [1.807, 2.05) is 23.6 Å². The molecule has 1 atom stereocenters. The van der Waals surface area contributed by atoms with Gasteiger partial charge in [-0.05, 0) is 23.6 Å². The van der Waals surface area contributed by atoms with Gasteiger partial charge in [0.25, 0.3) is 0 Å². The summed E-state index contributed by atoms with van der Waals surface area (Å²) in [5.74, 6) is 0.845. The lowest BCUT2D eigenvalue weighted by atomic mass is 10.2. The van der Waals surface area contributed by atoms with Crippen LogP contribution < -0.4 is 10.1 Å². The molecule has 0 saturated carbocycles. The largest absolute Gasteiger partial charge is 0.490 e. The van der Waals surface area contributed by atoms with Crippen LogP contribution in [0.2, 0.25) is 0 Å². The van der Waals surface area contributed by atoms with Crippen LogP contribution in [0.15, 0.2) is 29.6 Å². The summed E-state index contributed by atoms with van der Waals surface area (Å²) in [7, 11) is 0. The summed E-state index contributed by atoms with van der Waals surface area (Å²) in [4.78, 5) is 0. The Morgan fingerprint density at radius 3 is 2.94 bits per heavy atom. The Labute approximate surface area is 111 Å². The van der Waals surface area contributed by atoms with Gasteiger partial charge in [-0.25, -0.2) is 0 Å². The quantitative estimate of drug-likeness (QED) is 0.843. The van der Waals surface area contributed by atoms with E-state index in [9.17, 15) is 5.11 Å². The summed E-state index contributed by atoms with van der Waals surface area (Å²) in [6.45, 7) is 4.98. The highest BCUT2D eigenvalue weighted by atomic mass is 32.1. The Morgan fingerprint density at radius 2 is 2.17 bits per heavy atom. The molecular weight excluding hydrogens is 246 g/mol. The van der Waals surface area contributed by atoms with Gasteiger partial charge in [-0.1, -0.05) is 19.9 Å². The molecule has 2 N–H and O–H groups in total. The molecule has 98 valence electrons. The molecule has 0 aliphatic heterocycles. The number of fused-ring (bicyclic) bond motifs is 1. The number of hydrogen-bond donors (Lipinski definition) is 2. The Balaban J connectivity index is 1.91. The van der Waals surface area contributed by atoms with Crippen molar-refractivity contribution >= 4 is 21.4 Å². The molecule has 0 bridgehead atoms. The maximum atomic E-state index is 9.80. The van der Waals surface area contributed by atoms with Crippen molar-refractivity contribution in [3.8, 4) is 5.75 Å². The fourth-order valence-corrected chi connectivity index (χ4v) is 2.51. The molecule has 0 aliphatic carbocycles. The Hall–Kier alpha value is -1.10. The van der Waals surface area contributed by atoms with Crippen LogP contribution in [0.5, 0.6) is 5.75 Å². The van der Waals surface area contributed by atoms with Crippen molar-refractivity contribution < 1.29 is 9.84 Å². The average Bonchev–Trinajstić information content (AvgIpc) is 2.82. The molecule has 0 saturated heterocycles. The number of nitrogens with one attached hydrogen (secondary N) is 1. The van der Waals surface area contributed by atoms with Crippen molar-refractivity contribution in [2.24, 2.45) is 0 Å². The van der Waals surface area contributed by atoms with E-state index < -0.39 is 6.10 Å². The Bertz CT molecular complexity index is 495. The maximum absolute atomic E-state index is 9.80. The van der Waals surface area contributed by atoms with Crippen molar-refractivity contribution in [2.75, 3.05) is 13.2 Å². The number of hydrogen-bond acceptors (Lipinski definition) is 4. The standard InChI is InChI=1S/C14H19NO2S/c1-10(2)15-8-11(16)9-17-13-4-3-5-14-12(13)6-7-18-14/h3-7,10-11,15-16H,8-9H2,1-2H3. The highest BCUT2D eigenvalue weighted by Gasteiger charge is 2.08. The highest BCUT2D eigenvalue weighted by molar-refractivity contribution is 7.17. The maximum Gasteiger partial charge on any atom is 0.128 e. The number of ether oxygens (including phenoxy) is 1. The third kappa shape index (κ3) is 3.45. The monoisotopic (exact) mass is 265 g/mol. The fourth-order valence-electron chi connectivity index (χ4n) is 1.71. The van der Waals surface area contributed by atoms with Crippen LogP contribution in [-0.4, -0.2) is 30.4 Å². The van der Waals surface area contributed by atoms with E-state index in [1.165, 1.54) is 4.70 Å². The molecule has 1 unspecified atom stereocenters. The predicted octanol–water partition coefficient (Wildman–Crippen LogP) is 2.64. The lowest BCUT2D eigenvalue weighted by Gasteiger charge is -2.15. The minimum Gasteiger partial charge on any atom is -0.490 e. The Kier molecular flexibility index (Phi) is 4.58. The molecule has 1 heterocycles. The van der Waals surface area contributed by atoms with Crippen molar-refractivity contribution in [3.63, 3.8) is 0 Å². The van der Waals surface area contributed by atoms with E-state index in [4.69, 9.17) is 4.74 Å². The van der Waals surface area contributed by atoms with Crippen LogP contribution in [0.3, 0.4) is 0 Å². The molecule has 0 amide bonds. The first kappa shape index (κ1) is 13.3. The van der Waals surface area contributed by atoms with Gasteiger partial charge in [-0.15, -0.1) is 11.3 Å². The van der Waals surface area contributed by atoms with E-state index in [2.05, 4.69) is 25.2 Å². The number of aliphatic hydroxyl groups excluding tert-OH is 1. The molecule has 0 fully saturated rings. The molecule has 1 aromatic heterocycles. The lowest BCUT2D eigenvalue weighted by molar-refractivity contribution is 0.105. The Morgan fingerprint density at radius 1 is 1.33 bits per heavy atom. The zero-order valence-corrected chi connectivity index (χ0v) is 11.5. The van der Waals surface area contributed by atoms with E-state index in [0.717, 1.165) is 11.1 Å². The summed E-state index contributed by atoms with van der Waals surface area (Å²) >= 11 is 1.70.